The maximum Gasteiger partial charge on any atom is 0.0938 e. The summed E-state index contributed by atoms with van der Waals surface area (Å²) in [6, 6.07) is 9.09. The van der Waals surface area contributed by atoms with Crippen molar-refractivity contribution in [1.29, 1.82) is 0 Å². The number of rotatable bonds is 6. The molecule has 0 bridgehead atoms. The molecule has 1 aliphatic heterocycles. The Hall–Kier alpha value is -1.44. The third-order valence-corrected chi connectivity index (χ3v) is 4.24. The highest BCUT2D eigenvalue weighted by Gasteiger charge is 2.27. The summed E-state index contributed by atoms with van der Waals surface area (Å²) in [7, 11) is 0. The Balaban J connectivity index is 1.84. The standard InChI is InChI=1S/C19H30N2/c1-6-10-20-15(2)21-13-17(14-21)11-16-8-7-9-18(12-16)19(3,4)5/h7-9,12,17,20H,2,6,10-11,13-14H2,1,3-5H3. The van der Waals surface area contributed by atoms with E-state index in [9.17, 15) is 0 Å². The van der Waals surface area contributed by atoms with Gasteiger partial charge in [-0.3, -0.25) is 0 Å². The molecule has 21 heavy (non-hydrogen) atoms. The number of likely N-dealkylation sites (tertiary alicyclic amines) is 1. The zero-order chi connectivity index (χ0) is 15.5. The third-order valence-electron chi connectivity index (χ3n) is 4.24. The predicted octanol–water partition coefficient (Wildman–Crippen LogP) is 3.93. The topological polar surface area (TPSA) is 15.3 Å². The highest BCUT2D eigenvalue weighted by Crippen LogP contribution is 2.26. The van der Waals surface area contributed by atoms with Crippen LogP contribution in [0, 0.1) is 5.92 Å². The molecule has 2 nitrogen and oxygen atoms in total. The summed E-state index contributed by atoms with van der Waals surface area (Å²) >= 11 is 0. The van der Waals surface area contributed by atoms with E-state index in [0.717, 1.165) is 37.8 Å². The maximum absolute atomic E-state index is 4.12. The van der Waals surface area contributed by atoms with Gasteiger partial charge in [-0.05, 0) is 35.3 Å². The molecule has 1 aromatic carbocycles. The van der Waals surface area contributed by atoms with Gasteiger partial charge >= 0.3 is 0 Å². The molecule has 1 N–H and O–H groups in total. The van der Waals surface area contributed by atoms with E-state index >= 15 is 0 Å². The zero-order valence-electron chi connectivity index (χ0n) is 14.1. The fourth-order valence-corrected chi connectivity index (χ4v) is 2.80. The minimum absolute atomic E-state index is 0.236. The lowest BCUT2D eigenvalue weighted by Crippen LogP contribution is -2.49. The van der Waals surface area contributed by atoms with E-state index in [0.29, 0.717) is 0 Å². The SMILES string of the molecule is C=C(NCCC)N1CC(Cc2cccc(C(C)(C)C)c2)C1. The normalized spacial score (nSPS) is 15.7. The summed E-state index contributed by atoms with van der Waals surface area (Å²) in [5.74, 6) is 1.86. The number of benzene rings is 1. The van der Waals surface area contributed by atoms with Crippen LogP contribution in [0.1, 0.15) is 45.2 Å². The molecule has 0 saturated carbocycles. The van der Waals surface area contributed by atoms with Crippen molar-refractivity contribution in [2.45, 2.75) is 46.0 Å². The molecule has 2 rings (SSSR count). The maximum atomic E-state index is 4.12. The number of nitrogens with one attached hydrogen (secondary N) is 1. The molecule has 1 aromatic rings. The van der Waals surface area contributed by atoms with E-state index in [1.54, 1.807) is 0 Å². The quantitative estimate of drug-likeness (QED) is 0.852. The van der Waals surface area contributed by atoms with Crippen LogP contribution in [0.5, 0.6) is 0 Å². The molecular weight excluding hydrogens is 256 g/mol. The number of hydrogen-bond donors (Lipinski definition) is 1. The van der Waals surface area contributed by atoms with Crippen molar-refractivity contribution >= 4 is 0 Å². The highest BCUT2D eigenvalue weighted by molar-refractivity contribution is 5.29. The zero-order valence-corrected chi connectivity index (χ0v) is 14.1. The molecule has 1 aliphatic rings. The summed E-state index contributed by atoms with van der Waals surface area (Å²) in [4.78, 5) is 2.36. The first-order valence-electron chi connectivity index (χ1n) is 8.17. The molecule has 1 fully saturated rings. The summed E-state index contributed by atoms with van der Waals surface area (Å²) in [5.41, 5.74) is 3.14. The van der Waals surface area contributed by atoms with E-state index in [-0.39, 0.29) is 5.41 Å². The Kier molecular flexibility index (Phi) is 4.97. The summed E-state index contributed by atoms with van der Waals surface area (Å²) < 4.78 is 0. The lowest BCUT2D eigenvalue weighted by molar-refractivity contribution is 0.133. The van der Waals surface area contributed by atoms with Crippen LogP contribution in [0.25, 0.3) is 0 Å². The third kappa shape index (κ3) is 4.26. The largest absolute Gasteiger partial charge is 0.372 e. The van der Waals surface area contributed by atoms with Crippen molar-refractivity contribution in [3.8, 4) is 0 Å². The van der Waals surface area contributed by atoms with E-state index in [1.165, 1.54) is 17.5 Å². The van der Waals surface area contributed by atoms with E-state index in [2.05, 4.69) is 68.8 Å². The van der Waals surface area contributed by atoms with Crippen LogP contribution in [0.4, 0.5) is 0 Å². The summed E-state index contributed by atoms with van der Waals surface area (Å²) in [6.45, 7) is 16.4. The Morgan fingerprint density at radius 1 is 1.33 bits per heavy atom. The van der Waals surface area contributed by atoms with Gasteiger partial charge in [-0.2, -0.15) is 0 Å². The van der Waals surface area contributed by atoms with Gasteiger partial charge in [0, 0.05) is 19.6 Å². The molecule has 0 unspecified atom stereocenters. The van der Waals surface area contributed by atoms with Crippen LogP contribution < -0.4 is 5.32 Å². The van der Waals surface area contributed by atoms with Crippen molar-refractivity contribution in [2.75, 3.05) is 19.6 Å². The molecule has 0 atom stereocenters. The molecule has 116 valence electrons. The second kappa shape index (κ2) is 6.55. The van der Waals surface area contributed by atoms with Gasteiger partial charge < -0.3 is 10.2 Å². The molecule has 0 aliphatic carbocycles. The van der Waals surface area contributed by atoms with Gasteiger partial charge in [0.05, 0.1) is 5.82 Å². The molecule has 1 saturated heterocycles. The molecule has 0 radical (unpaired) electrons. The van der Waals surface area contributed by atoms with Crippen molar-refractivity contribution in [2.24, 2.45) is 5.92 Å². The molecular formula is C19H30N2. The monoisotopic (exact) mass is 286 g/mol. The number of nitrogens with zero attached hydrogens (tertiary/aromatic N) is 1. The van der Waals surface area contributed by atoms with Crippen molar-refractivity contribution in [1.82, 2.24) is 10.2 Å². The first kappa shape index (κ1) is 15.9. The van der Waals surface area contributed by atoms with Gasteiger partial charge in [-0.1, -0.05) is 58.5 Å². The van der Waals surface area contributed by atoms with Crippen molar-refractivity contribution in [3.05, 3.63) is 47.8 Å². The van der Waals surface area contributed by atoms with Crippen LogP contribution in [-0.4, -0.2) is 24.5 Å². The van der Waals surface area contributed by atoms with Crippen molar-refractivity contribution in [3.63, 3.8) is 0 Å². The second-order valence-corrected chi connectivity index (χ2v) is 7.30. The first-order valence-corrected chi connectivity index (χ1v) is 8.17. The van der Waals surface area contributed by atoms with Gasteiger partial charge in [0.2, 0.25) is 0 Å². The minimum Gasteiger partial charge on any atom is -0.372 e. The minimum atomic E-state index is 0.236. The van der Waals surface area contributed by atoms with E-state index < -0.39 is 0 Å². The van der Waals surface area contributed by atoms with Gasteiger partial charge in [0.1, 0.15) is 0 Å². The van der Waals surface area contributed by atoms with Gasteiger partial charge in [0.25, 0.3) is 0 Å². The van der Waals surface area contributed by atoms with Crippen molar-refractivity contribution < 1.29 is 0 Å². The Morgan fingerprint density at radius 3 is 2.67 bits per heavy atom. The Labute approximate surface area is 130 Å². The lowest BCUT2D eigenvalue weighted by Gasteiger charge is -2.42. The Bertz CT molecular complexity index is 479. The lowest BCUT2D eigenvalue weighted by atomic mass is 9.84. The first-order chi connectivity index (χ1) is 9.90. The molecule has 2 heteroatoms. The smallest absolute Gasteiger partial charge is 0.0938 e. The predicted molar refractivity (Wildman–Crippen MR) is 91.3 cm³/mol. The fourth-order valence-electron chi connectivity index (χ4n) is 2.80. The average molecular weight is 286 g/mol. The van der Waals surface area contributed by atoms with Gasteiger partial charge in [-0.15, -0.1) is 0 Å². The highest BCUT2D eigenvalue weighted by atomic mass is 15.3. The molecule has 0 amide bonds. The van der Waals surface area contributed by atoms with Gasteiger partial charge in [0.15, 0.2) is 0 Å². The number of hydrogen-bond acceptors (Lipinski definition) is 2. The van der Waals surface area contributed by atoms with Crippen LogP contribution in [0.3, 0.4) is 0 Å². The van der Waals surface area contributed by atoms with E-state index in [4.69, 9.17) is 0 Å². The molecule has 1 heterocycles. The fraction of sp³-hybridized carbons (Fsp3) is 0.579. The molecule has 0 aromatic heterocycles. The van der Waals surface area contributed by atoms with Crippen LogP contribution in [0.2, 0.25) is 0 Å². The Morgan fingerprint density at radius 2 is 2.05 bits per heavy atom. The molecule has 0 spiro atoms. The van der Waals surface area contributed by atoms with Crippen LogP contribution in [-0.2, 0) is 11.8 Å². The van der Waals surface area contributed by atoms with E-state index in [1.807, 2.05) is 0 Å². The summed E-state index contributed by atoms with van der Waals surface area (Å²) in [5, 5.41) is 3.38. The van der Waals surface area contributed by atoms with Crippen LogP contribution in [0.15, 0.2) is 36.7 Å². The second-order valence-electron chi connectivity index (χ2n) is 7.30. The average Bonchev–Trinajstić information content (AvgIpc) is 2.39. The van der Waals surface area contributed by atoms with Gasteiger partial charge in [-0.25, -0.2) is 0 Å². The van der Waals surface area contributed by atoms with Crippen LogP contribution >= 0.6 is 0 Å². The summed E-state index contributed by atoms with van der Waals surface area (Å²) in [6.07, 6.45) is 2.33.